The number of aliphatic imine (C=N–C) groups is 1. The molecule has 150 valence electrons. The van der Waals surface area contributed by atoms with Crippen molar-refractivity contribution in [1.29, 1.82) is 0 Å². The van der Waals surface area contributed by atoms with Crippen LogP contribution in [0.1, 0.15) is 31.3 Å². The highest BCUT2D eigenvalue weighted by molar-refractivity contribution is 14.0. The Hall–Kier alpha value is -2.04. The number of aryl methyl sites for hydroxylation is 1. The summed E-state index contributed by atoms with van der Waals surface area (Å²) < 4.78 is 12.8. The molecule has 1 heterocycles. The Labute approximate surface area is 177 Å². The summed E-state index contributed by atoms with van der Waals surface area (Å²) in [6.45, 7) is 5.61. The lowest BCUT2D eigenvalue weighted by Gasteiger charge is -2.21. The van der Waals surface area contributed by atoms with Crippen molar-refractivity contribution in [2.45, 2.75) is 32.9 Å². The van der Waals surface area contributed by atoms with Gasteiger partial charge in [0.2, 0.25) is 0 Å². The minimum Gasteiger partial charge on any atom is -0.497 e. The molecule has 8 nitrogen and oxygen atoms in total. The van der Waals surface area contributed by atoms with Crippen LogP contribution in [0.15, 0.2) is 29.5 Å². The molecule has 1 atom stereocenters. The first-order valence-corrected chi connectivity index (χ1v) is 8.68. The number of nitrogens with zero attached hydrogens (tertiary/aromatic N) is 4. The molecular weight excluding hydrogens is 459 g/mol. The zero-order valence-corrected chi connectivity index (χ0v) is 18.9. The average Bonchev–Trinajstić information content (AvgIpc) is 3.13. The van der Waals surface area contributed by atoms with Crippen LogP contribution in [0.2, 0.25) is 0 Å². The zero-order valence-electron chi connectivity index (χ0n) is 16.5. The predicted molar refractivity (Wildman–Crippen MR) is 117 cm³/mol. The van der Waals surface area contributed by atoms with Crippen LogP contribution in [0, 0.1) is 0 Å². The van der Waals surface area contributed by atoms with Crippen molar-refractivity contribution in [3.8, 4) is 11.5 Å². The van der Waals surface area contributed by atoms with E-state index in [0.29, 0.717) is 12.5 Å². The third-order valence-electron chi connectivity index (χ3n) is 4.14. The Morgan fingerprint density at radius 1 is 1.30 bits per heavy atom. The van der Waals surface area contributed by atoms with E-state index in [2.05, 4.69) is 39.7 Å². The number of hydrogen-bond acceptors (Lipinski definition) is 5. The van der Waals surface area contributed by atoms with E-state index in [0.717, 1.165) is 35.9 Å². The van der Waals surface area contributed by atoms with Crippen LogP contribution in [0.5, 0.6) is 11.5 Å². The Morgan fingerprint density at radius 3 is 2.70 bits per heavy atom. The summed E-state index contributed by atoms with van der Waals surface area (Å²) in [5.74, 6) is 3.29. The van der Waals surface area contributed by atoms with Gasteiger partial charge in [-0.25, -0.2) is 0 Å². The van der Waals surface area contributed by atoms with Crippen LogP contribution in [0.25, 0.3) is 0 Å². The SMILES string of the molecule is CCc1nncn1CCNC(=NC)NC(C)c1cc(OC)ccc1OC.I. The molecule has 0 saturated carbocycles. The summed E-state index contributed by atoms with van der Waals surface area (Å²) >= 11 is 0. The molecule has 0 spiro atoms. The number of halogens is 1. The minimum absolute atomic E-state index is 0. The number of nitrogens with one attached hydrogen (secondary N) is 2. The molecule has 2 N–H and O–H groups in total. The van der Waals surface area contributed by atoms with Crippen LogP contribution >= 0.6 is 24.0 Å². The smallest absolute Gasteiger partial charge is 0.191 e. The number of benzene rings is 1. The molecule has 0 amide bonds. The van der Waals surface area contributed by atoms with Gasteiger partial charge in [0, 0.05) is 32.1 Å². The van der Waals surface area contributed by atoms with E-state index in [1.54, 1.807) is 27.6 Å². The van der Waals surface area contributed by atoms with Crippen LogP contribution in [-0.2, 0) is 13.0 Å². The molecule has 9 heteroatoms. The Kier molecular flexibility index (Phi) is 9.90. The molecule has 2 rings (SSSR count). The largest absolute Gasteiger partial charge is 0.497 e. The molecule has 1 unspecified atom stereocenters. The highest BCUT2D eigenvalue weighted by atomic mass is 127. The first-order chi connectivity index (χ1) is 12.6. The van der Waals surface area contributed by atoms with E-state index < -0.39 is 0 Å². The van der Waals surface area contributed by atoms with Gasteiger partial charge in [-0.05, 0) is 25.1 Å². The molecule has 1 aromatic heterocycles. The van der Waals surface area contributed by atoms with E-state index >= 15 is 0 Å². The van der Waals surface area contributed by atoms with Gasteiger partial charge >= 0.3 is 0 Å². The lowest BCUT2D eigenvalue weighted by molar-refractivity contribution is 0.394. The molecule has 0 bridgehead atoms. The number of hydrogen-bond donors (Lipinski definition) is 2. The third-order valence-corrected chi connectivity index (χ3v) is 4.14. The summed E-state index contributed by atoms with van der Waals surface area (Å²) in [5, 5.41) is 14.7. The third kappa shape index (κ3) is 6.26. The van der Waals surface area contributed by atoms with Crippen molar-refractivity contribution in [2.75, 3.05) is 27.8 Å². The van der Waals surface area contributed by atoms with Crippen molar-refractivity contribution < 1.29 is 9.47 Å². The van der Waals surface area contributed by atoms with Gasteiger partial charge in [-0.15, -0.1) is 34.2 Å². The van der Waals surface area contributed by atoms with Gasteiger partial charge in [-0.1, -0.05) is 6.92 Å². The molecule has 0 aliphatic carbocycles. The van der Waals surface area contributed by atoms with E-state index in [9.17, 15) is 0 Å². The van der Waals surface area contributed by atoms with E-state index in [-0.39, 0.29) is 30.0 Å². The van der Waals surface area contributed by atoms with E-state index in [1.165, 1.54) is 0 Å². The second-order valence-electron chi connectivity index (χ2n) is 5.77. The molecule has 0 saturated heterocycles. The van der Waals surface area contributed by atoms with Gasteiger partial charge in [0.05, 0.1) is 20.3 Å². The van der Waals surface area contributed by atoms with Gasteiger partial charge in [0.25, 0.3) is 0 Å². The second kappa shape index (κ2) is 11.6. The van der Waals surface area contributed by atoms with Gasteiger partial charge in [0.15, 0.2) is 5.96 Å². The topological polar surface area (TPSA) is 85.6 Å². The standard InChI is InChI=1S/C18H28N6O2.HI/c1-6-17-23-21-12-24(17)10-9-20-18(19-3)22-13(2)15-11-14(25-4)7-8-16(15)26-5;/h7-8,11-13H,6,9-10H2,1-5H3,(H2,19,20,22);1H. The normalized spacial score (nSPS) is 12.1. The van der Waals surface area contributed by atoms with Crippen LogP contribution in [0.4, 0.5) is 0 Å². The summed E-state index contributed by atoms with van der Waals surface area (Å²) in [6.07, 6.45) is 2.61. The number of guanidine groups is 1. The van der Waals surface area contributed by atoms with Crippen LogP contribution in [0.3, 0.4) is 0 Å². The molecule has 2 aromatic rings. The van der Waals surface area contributed by atoms with Crippen molar-refractivity contribution in [3.05, 3.63) is 35.9 Å². The van der Waals surface area contributed by atoms with Gasteiger partial charge < -0.3 is 24.7 Å². The number of rotatable bonds is 8. The number of methoxy groups -OCH3 is 2. The van der Waals surface area contributed by atoms with Gasteiger partial charge in [-0.2, -0.15) is 0 Å². The molecule has 0 radical (unpaired) electrons. The summed E-state index contributed by atoms with van der Waals surface area (Å²) in [4.78, 5) is 4.29. The maximum Gasteiger partial charge on any atom is 0.191 e. The highest BCUT2D eigenvalue weighted by Crippen LogP contribution is 2.29. The van der Waals surface area contributed by atoms with Crippen molar-refractivity contribution >= 4 is 29.9 Å². The van der Waals surface area contributed by atoms with Crippen LogP contribution in [-0.4, -0.2) is 48.5 Å². The molecular formula is C18H29IN6O2. The fourth-order valence-electron chi connectivity index (χ4n) is 2.69. The van der Waals surface area contributed by atoms with Gasteiger partial charge in [0.1, 0.15) is 23.7 Å². The van der Waals surface area contributed by atoms with Crippen molar-refractivity contribution in [2.24, 2.45) is 4.99 Å². The Bertz CT molecular complexity index is 734. The quantitative estimate of drug-likeness (QED) is 0.337. The fraction of sp³-hybridized carbons (Fsp3) is 0.500. The maximum absolute atomic E-state index is 5.46. The fourth-order valence-corrected chi connectivity index (χ4v) is 2.69. The zero-order chi connectivity index (χ0) is 18.9. The first-order valence-electron chi connectivity index (χ1n) is 8.68. The van der Waals surface area contributed by atoms with Crippen LogP contribution < -0.4 is 20.1 Å². The molecule has 0 aliphatic rings. The minimum atomic E-state index is -0.00707. The number of ether oxygens (including phenoxy) is 2. The molecule has 0 aliphatic heterocycles. The summed E-state index contributed by atoms with van der Waals surface area (Å²) in [7, 11) is 5.07. The molecule has 0 fully saturated rings. The summed E-state index contributed by atoms with van der Waals surface area (Å²) in [5.41, 5.74) is 1.00. The Morgan fingerprint density at radius 2 is 2.07 bits per heavy atom. The predicted octanol–water partition coefficient (Wildman–Crippen LogP) is 2.40. The van der Waals surface area contributed by atoms with Crippen molar-refractivity contribution in [3.63, 3.8) is 0 Å². The second-order valence-corrected chi connectivity index (χ2v) is 5.77. The average molecular weight is 488 g/mol. The maximum atomic E-state index is 5.46. The first kappa shape index (κ1) is 23.0. The Balaban J connectivity index is 0.00000364. The lowest BCUT2D eigenvalue weighted by atomic mass is 10.1. The van der Waals surface area contributed by atoms with E-state index in [1.807, 2.05) is 22.8 Å². The monoisotopic (exact) mass is 488 g/mol. The molecule has 27 heavy (non-hydrogen) atoms. The lowest BCUT2D eigenvalue weighted by Crippen LogP contribution is -2.40. The molecule has 1 aromatic carbocycles. The van der Waals surface area contributed by atoms with E-state index in [4.69, 9.17) is 9.47 Å². The number of aromatic nitrogens is 3. The van der Waals surface area contributed by atoms with Gasteiger partial charge in [-0.3, -0.25) is 4.99 Å². The highest BCUT2D eigenvalue weighted by Gasteiger charge is 2.14. The van der Waals surface area contributed by atoms with Crippen molar-refractivity contribution in [1.82, 2.24) is 25.4 Å². The summed E-state index contributed by atoms with van der Waals surface area (Å²) in [6, 6.07) is 5.74.